The van der Waals surface area contributed by atoms with Crippen molar-refractivity contribution in [2.45, 2.75) is 18.6 Å². The summed E-state index contributed by atoms with van der Waals surface area (Å²) in [4.78, 5) is 11.3. The fourth-order valence-electron chi connectivity index (χ4n) is 1.55. The van der Waals surface area contributed by atoms with E-state index in [1.54, 1.807) is 24.5 Å². The predicted molar refractivity (Wildman–Crippen MR) is 70.7 cm³/mol. The first-order chi connectivity index (χ1) is 9.76. The van der Waals surface area contributed by atoms with Crippen LogP contribution in [-0.2, 0) is 16.1 Å². The van der Waals surface area contributed by atoms with Gasteiger partial charge in [0.15, 0.2) is 23.3 Å². The van der Waals surface area contributed by atoms with Crippen molar-refractivity contribution in [3.63, 3.8) is 0 Å². The van der Waals surface area contributed by atoms with Crippen molar-refractivity contribution in [3.05, 3.63) is 18.4 Å². The van der Waals surface area contributed by atoms with Crippen LogP contribution in [0.2, 0.25) is 0 Å². The van der Waals surface area contributed by atoms with E-state index in [9.17, 15) is 4.79 Å². The molecule has 0 bridgehead atoms. The SMILES string of the molecule is CCn1c(SCC(=O)OCC#N)nnc1-c1ccco1. The highest BCUT2D eigenvalue weighted by Crippen LogP contribution is 2.24. The molecule has 0 radical (unpaired) electrons. The van der Waals surface area contributed by atoms with Gasteiger partial charge in [0.05, 0.1) is 12.0 Å². The zero-order chi connectivity index (χ0) is 14.4. The number of hydrogen-bond donors (Lipinski definition) is 0. The predicted octanol–water partition coefficient (Wildman–Crippen LogP) is 1.72. The van der Waals surface area contributed by atoms with Crippen LogP contribution in [0, 0.1) is 11.3 Å². The zero-order valence-electron chi connectivity index (χ0n) is 10.8. The summed E-state index contributed by atoms with van der Waals surface area (Å²) in [6.45, 7) is 2.37. The van der Waals surface area contributed by atoms with Gasteiger partial charge in [-0.3, -0.25) is 9.36 Å². The fourth-order valence-corrected chi connectivity index (χ4v) is 2.35. The van der Waals surface area contributed by atoms with Gasteiger partial charge >= 0.3 is 5.97 Å². The van der Waals surface area contributed by atoms with Gasteiger partial charge in [0, 0.05) is 6.54 Å². The number of ether oxygens (including phenoxy) is 1. The van der Waals surface area contributed by atoms with Crippen molar-refractivity contribution in [3.8, 4) is 17.7 Å². The van der Waals surface area contributed by atoms with Crippen molar-refractivity contribution in [2.24, 2.45) is 0 Å². The first-order valence-corrected chi connectivity index (χ1v) is 6.87. The maximum absolute atomic E-state index is 11.3. The van der Waals surface area contributed by atoms with Crippen LogP contribution in [0.4, 0.5) is 0 Å². The van der Waals surface area contributed by atoms with Crippen molar-refractivity contribution in [2.75, 3.05) is 12.4 Å². The molecular weight excluding hydrogens is 280 g/mol. The summed E-state index contributed by atoms with van der Waals surface area (Å²) < 4.78 is 11.8. The molecule has 2 rings (SSSR count). The van der Waals surface area contributed by atoms with E-state index in [1.807, 2.05) is 11.5 Å². The molecule has 2 aromatic rings. The summed E-state index contributed by atoms with van der Waals surface area (Å²) >= 11 is 1.21. The second-order valence-electron chi connectivity index (χ2n) is 3.64. The highest BCUT2D eigenvalue weighted by molar-refractivity contribution is 7.99. The Morgan fingerprint density at radius 3 is 3.10 bits per heavy atom. The zero-order valence-corrected chi connectivity index (χ0v) is 11.6. The number of aromatic nitrogens is 3. The molecule has 0 spiro atoms. The van der Waals surface area contributed by atoms with E-state index in [4.69, 9.17) is 9.68 Å². The van der Waals surface area contributed by atoms with Crippen LogP contribution in [0.1, 0.15) is 6.92 Å². The maximum Gasteiger partial charge on any atom is 0.317 e. The quantitative estimate of drug-likeness (QED) is 0.591. The number of carbonyl (C=O) groups excluding carboxylic acids is 1. The van der Waals surface area contributed by atoms with Crippen LogP contribution in [0.25, 0.3) is 11.6 Å². The second-order valence-corrected chi connectivity index (χ2v) is 4.58. The highest BCUT2D eigenvalue weighted by Gasteiger charge is 2.16. The number of furan rings is 1. The summed E-state index contributed by atoms with van der Waals surface area (Å²) in [7, 11) is 0. The molecular formula is C12H12N4O3S. The molecule has 0 saturated heterocycles. The van der Waals surface area contributed by atoms with E-state index in [1.165, 1.54) is 11.8 Å². The molecule has 2 aromatic heterocycles. The molecule has 0 aliphatic heterocycles. The molecule has 0 atom stereocenters. The highest BCUT2D eigenvalue weighted by atomic mass is 32.2. The number of nitrogens with zero attached hydrogens (tertiary/aromatic N) is 4. The minimum atomic E-state index is -0.457. The third kappa shape index (κ3) is 3.19. The summed E-state index contributed by atoms with van der Waals surface area (Å²) in [5.74, 6) is 0.864. The Morgan fingerprint density at radius 1 is 1.60 bits per heavy atom. The van der Waals surface area contributed by atoms with Crippen LogP contribution < -0.4 is 0 Å². The summed E-state index contributed by atoms with van der Waals surface area (Å²) in [5, 5.41) is 17.0. The molecule has 0 unspecified atom stereocenters. The molecule has 0 aromatic carbocycles. The minimum Gasteiger partial charge on any atom is -0.461 e. The number of hydrogen-bond acceptors (Lipinski definition) is 7. The van der Waals surface area contributed by atoms with Gasteiger partial charge in [0.25, 0.3) is 0 Å². The van der Waals surface area contributed by atoms with Gasteiger partial charge in [-0.05, 0) is 19.1 Å². The lowest BCUT2D eigenvalue weighted by Gasteiger charge is -2.05. The molecule has 20 heavy (non-hydrogen) atoms. The topological polar surface area (TPSA) is 93.9 Å². The number of nitriles is 1. The average molecular weight is 292 g/mol. The monoisotopic (exact) mass is 292 g/mol. The van der Waals surface area contributed by atoms with Crippen molar-refractivity contribution < 1.29 is 13.9 Å². The van der Waals surface area contributed by atoms with Gasteiger partial charge < -0.3 is 9.15 Å². The Hall–Kier alpha value is -2.27. The molecule has 0 fully saturated rings. The Kier molecular flexibility index (Phi) is 4.79. The molecule has 104 valence electrons. The lowest BCUT2D eigenvalue weighted by Crippen LogP contribution is -2.08. The number of rotatable bonds is 6. The maximum atomic E-state index is 11.3. The first kappa shape index (κ1) is 14.1. The van der Waals surface area contributed by atoms with Crippen LogP contribution >= 0.6 is 11.8 Å². The van der Waals surface area contributed by atoms with Crippen molar-refractivity contribution >= 4 is 17.7 Å². The molecule has 7 nitrogen and oxygen atoms in total. The third-order valence-corrected chi connectivity index (χ3v) is 3.33. The van der Waals surface area contributed by atoms with Crippen LogP contribution in [0.3, 0.4) is 0 Å². The van der Waals surface area contributed by atoms with Crippen LogP contribution in [-0.4, -0.2) is 33.1 Å². The number of esters is 1. The Morgan fingerprint density at radius 2 is 2.45 bits per heavy atom. The van der Waals surface area contributed by atoms with Gasteiger partial charge in [-0.15, -0.1) is 10.2 Å². The third-order valence-electron chi connectivity index (χ3n) is 2.39. The lowest BCUT2D eigenvalue weighted by molar-refractivity contribution is -0.139. The van der Waals surface area contributed by atoms with Crippen LogP contribution in [0.5, 0.6) is 0 Å². The van der Waals surface area contributed by atoms with Gasteiger partial charge in [0.2, 0.25) is 0 Å². The van der Waals surface area contributed by atoms with Gasteiger partial charge in [-0.1, -0.05) is 11.8 Å². The first-order valence-electron chi connectivity index (χ1n) is 5.88. The minimum absolute atomic E-state index is 0.0813. The van der Waals surface area contributed by atoms with Crippen molar-refractivity contribution in [1.29, 1.82) is 5.26 Å². The van der Waals surface area contributed by atoms with Gasteiger partial charge in [-0.25, -0.2) is 0 Å². The molecule has 0 saturated carbocycles. The van der Waals surface area contributed by atoms with Crippen molar-refractivity contribution in [1.82, 2.24) is 14.8 Å². The average Bonchev–Trinajstić information content (AvgIpc) is 3.10. The van der Waals surface area contributed by atoms with E-state index >= 15 is 0 Å². The summed E-state index contributed by atoms with van der Waals surface area (Å²) in [6.07, 6.45) is 1.57. The summed E-state index contributed by atoms with van der Waals surface area (Å²) in [5.41, 5.74) is 0. The van der Waals surface area contributed by atoms with E-state index < -0.39 is 5.97 Å². The number of carbonyl (C=O) groups is 1. The van der Waals surface area contributed by atoms with E-state index in [2.05, 4.69) is 14.9 Å². The smallest absolute Gasteiger partial charge is 0.317 e. The fraction of sp³-hybridized carbons (Fsp3) is 0.333. The Labute approximate surface area is 119 Å². The van der Waals surface area contributed by atoms with E-state index in [0.29, 0.717) is 23.3 Å². The number of thioether (sulfide) groups is 1. The normalized spacial score (nSPS) is 10.2. The summed E-state index contributed by atoms with van der Waals surface area (Å²) in [6, 6.07) is 5.32. The molecule has 2 heterocycles. The molecule has 8 heteroatoms. The van der Waals surface area contributed by atoms with Gasteiger partial charge in [0.1, 0.15) is 6.07 Å². The van der Waals surface area contributed by atoms with E-state index in [-0.39, 0.29) is 12.4 Å². The molecule has 0 aliphatic carbocycles. The lowest BCUT2D eigenvalue weighted by atomic mass is 10.4. The van der Waals surface area contributed by atoms with Gasteiger partial charge in [-0.2, -0.15) is 5.26 Å². The van der Waals surface area contributed by atoms with Crippen LogP contribution in [0.15, 0.2) is 28.0 Å². The molecule has 0 aliphatic rings. The Bertz CT molecular complexity index is 615. The largest absolute Gasteiger partial charge is 0.461 e. The standard InChI is InChI=1S/C12H12N4O3S/c1-2-16-11(9-4-3-6-18-9)14-15-12(16)20-8-10(17)19-7-5-13/h3-4,6H,2,7-8H2,1H3. The molecule has 0 N–H and O–H groups in total. The Balaban J connectivity index is 2.06. The van der Waals surface area contributed by atoms with E-state index in [0.717, 1.165) is 0 Å². The second kappa shape index (κ2) is 6.77. The molecule has 0 amide bonds.